The standard InChI is InChI=1S/C15H21F2N3O/c1-4-10(2)20-14(18)19-9-15(20,3)11-7-5-6-8-12(11)21-13(16)17/h5-8,10,13H,4,9H2,1-3H3,(H2,18,19). The molecule has 0 saturated carbocycles. The van der Waals surface area contributed by atoms with Gasteiger partial charge in [-0.2, -0.15) is 8.78 Å². The van der Waals surface area contributed by atoms with E-state index in [1.54, 1.807) is 18.2 Å². The highest BCUT2D eigenvalue weighted by molar-refractivity contribution is 5.81. The minimum atomic E-state index is -2.86. The zero-order chi connectivity index (χ0) is 15.6. The van der Waals surface area contributed by atoms with Crippen molar-refractivity contribution in [2.45, 2.75) is 45.4 Å². The summed E-state index contributed by atoms with van der Waals surface area (Å²) < 4.78 is 29.9. The quantitative estimate of drug-likeness (QED) is 0.909. The van der Waals surface area contributed by atoms with E-state index in [0.29, 0.717) is 18.1 Å². The molecule has 2 atom stereocenters. The van der Waals surface area contributed by atoms with Crippen LogP contribution in [0.4, 0.5) is 8.78 Å². The number of benzene rings is 1. The van der Waals surface area contributed by atoms with Crippen molar-refractivity contribution >= 4 is 5.96 Å². The van der Waals surface area contributed by atoms with E-state index in [-0.39, 0.29) is 11.8 Å². The molecule has 0 fully saturated rings. The predicted octanol–water partition coefficient (Wildman–Crippen LogP) is 2.93. The van der Waals surface area contributed by atoms with Crippen molar-refractivity contribution in [1.29, 1.82) is 0 Å². The number of nitrogens with zero attached hydrogens (tertiary/aromatic N) is 2. The van der Waals surface area contributed by atoms with Gasteiger partial charge in [0.1, 0.15) is 5.75 Å². The van der Waals surface area contributed by atoms with E-state index in [9.17, 15) is 8.78 Å². The molecule has 21 heavy (non-hydrogen) atoms. The molecule has 0 amide bonds. The zero-order valence-corrected chi connectivity index (χ0v) is 12.5. The number of hydrogen-bond acceptors (Lipinski definition) is 4. The minimum Gasteiger partial charge on any atom is -0.434 e. The third-order valence-corrected chi connectivity index (χ3v) is 4.04. The van der Waals surface area contributed by atoms with Crippen LogP contribution in [-0.2, 0) is 5.54 Å². The summed E-state index contributed by atoms with van der Waals surface area (Å²) in [6, 6.07) is 6.98. The van der Waals surface area contributed by atoms with Gasteiger partial charge in [-0.3, -0.25) is 4.99 Å². The average Bonchev–Trinajstić information content (AvgIpc) is 2.74. The van der Waals surface area contributed by atoms with Crippen molar-refractivity contribution in [3.8, 4) is 5.75 Å². The fraction of sp³-hybridized carbons (Fsp3) is 0.533. The Labute approximate surface area is 123 Å². The van der Waals surface area contributed by atoms with E-state index in [1.807, 2.05) is 24.8 Å². The summed E-state index contributed by atoms with van der Waals surface area (Å²) >= 11 is 0. The van der Waals surface area contributed by atoms with Gasteiger partial charge in [0, 0.05) is 11.6 Å². The molecular weight excluding hydrogens is 276 g/mol. The first-order valence-electron chi connectivity index (χ1n) is 7.03. The summed E-state index contributed by atoms with van der Waals surface area (Å²) in [5.41, 5.74) is 6.10. The summed E-state index contributed by atoms with van der Waals surface area (Å²) in [5.74, 6) is 0.618. The molecule has 4 nitrogen and oxygen atoms in total. The lowest BCUT2D eigenvalue weighted by atomic mass is 9.89. The van der Waals surface area contributed by atoms with Crippen molar-refractivity contribution in [2.24, 2.45) is 10.7 Å². The van der Waals surface area contributed by atoms with E-state index in [1.165, 1.54) is 0 Å². The van der Waals surface area contributed by atoms with Crippen LogP contribution in [0.3, 0.4) is 0 Å². The second-order valence-electron chi connectivity index (χ2n) is 5.45. The van der Waals surface area contributed by atoms with E-state index >= 15 is 0 Å². The Morgan fingerprint density at radius 1 is 1.43 bits per heavy atom. The largest absolute Gasteiger partial charge is 0.434 e. The molecule has 1 aromatic rings. The number of hydrogen-bond donors (Lipinski definition) is 1. The summed E-state index contributed by atoms with van der Waals surface area (Å²) in [6.45, 7) is 3.62. The molecule has 1 aromatic carbocycles. The molecule has 1 aliphatic rings. The number of nitrogens with two attached hydrogens (primary N) is 1. The van der Waals surface area contributed by atoms with Crippen molar-refractivity contribution in [2.75, 3.05) is 6.54 Å². The lowest BCUT2D eigenvalue weighted by Crippen LogP contribution is -2.51. The number of guanidine groups is 1. The fourth-order valence-corrected chi connectivity index (χ4v) is 2.86. The van der Waals surface area contributed by atoms with Gasteiger partial charge in [0.2, 0.25) is 0 Å². The highest BCUT2D eigenvalue weighted by Crippen LogP contribution is 2.40. The topological polar surface area (TPSA) is 50.8 Å². The lowest BCUT2D eigenvalue weighted by molar-refractivity contribution is -0.0517. The van der Waals surface area contributed by atoms with Crippen LogP contribution in [0, 0.1) is 0 Å². The van der Waals surface area contributed by atoms with Crippen LogP contribution in [0.15, 0.2) is 29.3 Å². The average molecular weight is 297 g/mol. The summed E-state index contributed by atoms with van der Waals surface area (Å²) in [6.07, 6.45) is 0.879. The van der Waals surface area contributed by atoms with Gasteiger partial charge in [-0.05, 0) is 26.3 Å². The molecule has 0 aromatic heterocycles. The summed E-state index contributed by atoms with van der Waals surface area (Å²) in [7, 11) is 0. The van der Waals surface area contributed by atoms with Crippen molar-refractivity contribution in [3.63, 3.8) is 0 Å². The normalized spacial score (nSPS) is 23.3. The van der Waals surface area contributed by atoms with Crippen LogP contribution in [0.25, 0.3) is 0 Å². The minimum absolute atomic E-state index is 0.154. The Kier molecular flexibility index (Phi) is 4.34. The predicted molar refractivity (Wildman–Crippen MR) is 78.5 cm³/mol. The molecule has 0 radical (unpaired) electrons. The van der Waals surface area contributed by atoms with Gasteiger partial charge in [-0.1, -0.05) is 25.1 Å². The van der Waals surface area contributed by atoms with Gasteiger partial charge < -0.3 is 15.4 Å². The second-order valence-corrected chi connectivity index (χ2v) is 5.45. The van der Waals surface area contributed by atoms with E-state index in [2.05, 4.69) is 16.7 Å². The molecule has 6 heteroatoms. The monoisotopic (exact) mass is 297 g/mol. The Morgan fingerprint density at radius 3 is 2.71 bits per heavy atom. The molecule has 0 spiro atoms. The smallest absolute Gasteiger partial charge is 0.387 e. The van der Waals surface area contributed by atoms with Crippen LogP contribution < -0.4 is 10.5 Å². The van der Waals surface area contributed by atoms with Crippen LogP contribution >= 0.6 is 0 Å². The van der Waals surface area contributed by atoms with Crippen LogP contribution in [0.2, 0.25) is 0 Å². The summed E-state index contributed by atoms with van der Waals surface area (Å²) in [4.78, 5) is 6.30. The van der Waals surface area contributed by atoms with Crippen LogP contribution in [-0.4, -0.2) is 30.1 Å². The molecule has 1 aliphatic heterocycles. The molecule has 0 saturated heterocycles. The van der Waals surface area contributed by atoms with Gasteiger partial charge in [-0.25, -0.2) is 0 Å². The zero-order valence-electron chi connectivity index (χ0n) is 12.5. The number of halogens is 2. The number of aliphatic imine (C=N–C) groups is 1. The maximum Gasteiger partial charge on any atom is 0.387 e. The van der Waals surface area contributed by atoms with Gasteiger partial charge in [-0.15, -0.1) is 0 Å². The Morgan fingerprint density at radius 2 is 2.10 bits per heavy atom. The van der Waals surface area contributed by atoms with E-state index < -0.39 is 12.2 Å². The van der Waals surface area contributed by atoms with Crippen molar-refractivity contribution in [1.82, 2.24) is 4.90 Å². The number of para-hydroxylation sites is 1. The second kappa shape index (κ2) is 5.87. The Balaban J connectivity index is 2.44. The maximum atomic E-state index is 12.6. The van der Waals surface area contributed by atoms with Crippen LogP contribution in [0.5, 0.6) is 5.75 Å². The van der Waals surface area contributed by atoms with Gasteiger partial charge >= 0.3 is 6.61 Å². The molecule has 0 bridgehead atoms. The van der Waals surface area contributed by atoms with Crippen molar-refractivity contribution < 1.29 is 13.5 Å². The number of ether oxygens (including phenoxy) is 1. The molecule has 1 heterocycles. The number of alkyl halides is 2. The van der Waals surface area contributed by atoms with Gasteiger partial charge in [0.15, 0.2) is 5.96 Å². The molecule has 116 valence electrons. The first-order valence-corrected chi connectivity index (χ1v) is 7.03. The Hall–Kier alpha value is -1.85. The highest BCUT2D eigenvalue weighted by Gasteiger charge is 2.43. The van der Waals surface area contributed by atoms with Crippen LogP contribution in [0.1, 0.15) is 32.8 Å². The lowest BCUT2D eigenvalue weighted by Gasteiger charge is -2.41. The summed E-state index contributed by atoms with van der Waals surface area (Å²) in [5, 5.41) is 0. The van der Waals surface area contributed by atoms with E-state index in [4.69, 9.17) is 5.73 Å². The molecule has 2 unspecified atom stereocenters. The first kappa shape index (κ1) is 15.5. The fourth-order valence-electron chi connectivity index (χ4n) is 2.86. The number of rotatable bonds is 5. The van der Waals surface area contributed by atoms with Gasteiger partial charge in [0.05, 0.1) is 12.1 Å². The Bertz CT molecular complexity index is 535. The maximum absolute atomic E-state index is 12.6. The molecular formula is C15H21F2N3O. The first-order chi connectivity index (χ1) is 9.90. The third kappa shape index (κ3) is 2.80. The van der Waals surface area contributed by atoms with E-state index in [0.717, 1.165) is 6.42 Å². The molecule has 2 N–H and O–H groups in total. The van der Waals surface area contributed by atoms with Gasteiger partial charge in [0.25, 0.3) is 0 Å². The molecule has 2 rings (SSSR count). The highest BCUT2D eigenvalue weighted by atomic mass is 19.3. The SMILES string of the molecule is CCC(C)N1C(N)=NCC1(C)c1ccccc1OC(F)F. The molecule has 0 aliphatic carbocycles. The third-order valence-electron chi connectivity index (χ3n) is 4.04. The van der Waals surface area contributed by atoms with Crippen molar-refractivity contribution in [3.05, 3.63) is 29.8 Å².